The van der Waals surface area contributed by atoms with Crippen molar-refractivity contribution in [3.8, 4) is 0 Å². The number of hydrogen-bond acceptors (Lipinski definition) is 2. The number of halogens is 1. The average Bonchev–Trinajstić information content (AvgIpc) is 2.33. The molecule has 0 saturated carbocycles. The molecule has 1 aromatic carbocycles. The molecular weight excluding hydrogens is 264 g/mol. The van der Waals surface area contributed by atoms with Gasteiger partial charge in [0.25, 0.3) is 0 Å². The van der Waals surface area contributed by atoms with Gasteiger partial charge in [0.2, 0.25) is 0 Å². The van der Waals surface area contributed by atoms with Crippen molar-refractivity contribution in [1.82, 2.24) is 10.6 Å². The van der Waals surface area contributed by atoms with Crippen LogP contribution in [-0.4, -0.2) is 25.6 Å². The zero-order chi connectivity index (χ0) is 13.5. The topological polar surface area (TPSA) is 65.5 Å². The van der Waals surface area contributed by atoms with Crippen LogP contribution in [0.3, 0.4) is 0 Å². The molecule has 0 aliphatic rings. The second-order valence-corrected chi connectivity index (χ2v) is 3.95. The minimum atomic E-state index is -0.297. The van der Waals surface area contributed by atoms with Gasteiger partial charge in [-0.3, -0.25) is 10.3 Å². The van der Waals surface area contributed by atoms with Crippen LogP contribution in [0.1, 0.15) is 18.1 Å². The van der Waals surface area contributed by atoms with E-state index in [1.54, 1.807) is 7.05 Å². The molecule has 106 valence electrons. The Balaban J connectivity index is 0.00000324. The van der Waals surface area contributed by atoms with Crippen molar-refractivity contribution in [3.05, 3.63) is 29.3 Å². The zero-order valence-electron chi connectivity index (χ0n) is 11.7. The van der Waals surface area contributed by atoms with E-state index in [0.29, 0.717) is 12.5 Å². The number of guanidine groups is 1. The van der Waals surface area contributed by atoms with E-state index in [0.717, 1.165) is 16.8 Å². The SMILES string of the molecule is CCNC(=NC)NC(=O)Nc1c(C)cccc1C.Cl. The number of nitrogens with one attached hydrogen (secondary N) is 3. The number of rotatable bonds is 2. The van der Waals surface area contributed by atoms with Crippen LogP contribution < -0.4 is 16.0 Å². The average molecular weight is 285 g/mol. The van der Waals surface area contributed by atoms with Crippen LogP contribution in [-0.2, 0) is 0 Å². The fraction of sp³-hybridized carbons (Fsp3) is 0.385. The van der Waals surface area contributed by atoms with E-state index < -0.39 is 0 Å². The van der Waals surface area contributed by atoms with Gasteiger partial charge in [0.15, 0.2) is 5.96 Å². The summed E-state index contributed by atoms with van der Waals surface area (Å²) in [6, 6.07) is 5.59. The Kier molecular flexibility index (Phi) is 7.60. The third-order valence-corrected chi connectivity index (χ3v) is 2.52. The summed E-state index contributed by atoms with van der Waals surface area (Å²) in [6.07, 6.45) is 0. The maximum atomic E-state index is 11.8. The minimum absolute atomic E-state index is 0. The smallest absolute Gasteiger partial charge is 0.326 e. The van der Waals surface area contributed by atoms with E-state index in [1.807, 2.05) is 39.0 Å². The molecule has 0 radical (unpaired) electrons. The molecule has 2 amide bonds. The number of aryl methyl sites for hydroxylation is 2. The van der Waals surface area contributed by atoms with Gasteiger partial charge in [0.05, 0.1) is 0 Å². The predicted molar refractivity (Wildman–Crippen MR) is 82.4 cm³/mol. The zero-order valence-corrected chi connectivity index (χ0v) is 12.5. The maximum absolute atomic E-state index is 11.8. The summed E-state index contributed by atoms with van der Waals surface area (Å²) in [5.74, 6) is 0.459. The fourth-order valence-corrected chi connectivity index (χ4v) is 1.61. The van der Waals surface area contributed by atoms with Crippen molar-refractivity contribution in [2.24, 2.45) is 4.99 Å². The Bertz CT molecular complexity index is 440. The van der Waals surface area contributed by atoms with E-state index in [-0.39, 0.29) is 18.4 Å². The number of aliphatic imine (C=N–C) groups is 1. The standard InChI is InChI=1S/C13H20N4O.ClH/c1-5-15-12(14-4)17-13(18)16-11-9(2)7-6-8-10(11)3;/h6-8H,5H2,1-4H3,(H3,14,15,16,17,18);1H. The van der Waals surface area contributed by atoms with Gasteiger partial charge < -0.3 is 10.6 Å². The second kappa shape index (κ2) is 8.37. The number of carbonyl (C=O) groups excluding carboxylic acids is 1. The quantitative estimate of drug-likeness (QED) is 0.577. The Hall–Kier alpha value is -1.75. The maximum Gasteiger partial charge on any atom is 0.326 e. The summed E-state index contributed by atoms with van der Waals surface area (Å²) in [5, 5.41) is 8.45. The molecule has 0 unspecified atom stereocenters. The molecule has 1 rings (SSSR count). The first-order valence-electron chi connectivity index (χ1n) is 5.93. The highest BCUT2D eigenvalue weighted by atomic mass is 35.5. The van der Waals surface area contributed by atoms with Crippen molar-refractivity contribution in [1.29, 1.82) is 0 Å². The van der Waals surface area contributed by atoms with E-state index in [2.05, 4.69) is 20.9 Å². The number of carbonyl (C=O) groups is 1. The molecule has 0 bridgehead atoms. The van der Waals surface area contributed by atoms with E-state index in [1.165, 1.54) is 0 Å². The summed E-state index contributed by atoms with van der Waals surface area (Å²) in [6.45, 7) is 6.57. The largest absolute Gasteiger partial charge is 0.356 e. The molecule has 0 heterocycles. The van der Waals surface area contributed by atoms with Gasteiger partial charge in [-0.25, -0.2) is 4.79 Å². The van der Waals surface area contributed by atoms with Gasteiger partial charge in [-0.2, -0.15) is 0 Å². The number of amides is 2. The van der Waals surface area contributed by atoms with Crippen LogP contribution in [0.2, 0.25) is 0 Å². The van der Waals surface area contributed by atoms with Crippen molar-refractivity contribution in [3.63, 3.8) is 0 Å². The van der Waals surface area contributed by atoms with Crippen LogP contribution in [0.25, 0.3) is 0 Å². The van der Waals surface area contributed by atoms with Crippen LogP contribution in [0, 0.1) is 13.8 Å². The predicted octanol–water partition coefficient (Wildman–Crippen LogP) is 2.44. The summed E-state index contributed by atoms with van der Waals surface area (Å²) < 4.78 is 0. The molecule has 0 aromatic heterocycles. The summed E-state index contributed by atoms with van der Waals surface area (Å²) in [4.78, 5) is 15.8. The molecular formula is C13H21ClN4O. The molecule has 0 atom stereocenters. The van der Waals surface area contributed by atoms with Crippen LogP contribution in [0.15, 0.2) is 23.2 Å². The number of nitrogens with zero attached hydrogens (tertiary/aromatic N) is 1. The van der Waals surface area contributed by atoms with E-state index in [4.69, 9.17) is 0 Å². The lowest BCUT2D eigenvalue weighted by Crippen LogP contribution is -2.43. The van der Waals surface area contributed by atoms with Crippen molar-refractivity contribution in [2.75, 3.05) is 18.9 Å². The molecule has 0 saturated heterocycles. The lowest BCUT2D eigenvalue weighted by Gasteiger charge is -2.13. The monoisotopic (exact) mass is 284 g/mol. The Morgan fingerprint density at radius 3 is 2.32 bits per heavy atom. The minimum Gasteiger partial charge on any atom is -0.356 e. The number of urea groups is 1. The third kappa shape index (κ3) is 5.18. The van der Waals surface area contributed by atoms with E-state index in [9.17, 15) is 4.79 Å². The van der Waals surface area contributed by atoms with Gasteiger partial charge in [-0.1, -0.05) is 18.2 Å². The first-order valence-corrected chi connectivity index (χ1v) is 5.93. The Morgan fingerprint density at radius 2 is 1.84 bits per heavy atom. The van der Waals surface area contributed by atoms with Crippen molar-refractivity contribution in [2.45, 2.75) is 20.8 Å². The molecule has 6 heteroatoms. The van der Waals surface area contributed by atoms with Gasteiger partial charge in [-0.15, -0.1) is 12.4 Å². The number of hydrogen-bond donors (Lipinski definition) is 3. The highest BCUT2D eigenvalue weighted by molar-refractivity contribution is 6.02. The first-order chi connectivity index (χ1) is 8.58. The molecule has 0 spiro atoms. The fourth-order valence-electron chi connectivity index (χ4n) is 1.61. The second-order valence-electron chi connectivity index (χ2n) is 3.95. The van der Waals surface area contributed by atoms with Gasteiger partial charge in [0, 0.05) is 19.3 Å². The molecule has 0 fully saturated rings. The number of para-hydroxylation sites is 1. The molecule has 3 N–H and O–H groups in total. The molecule has 0 aliphatic carbocycles. The van der Waals surface area contributed by atoms with Crippen LogP contribution in [0.4, 0.5) is 10.5 Å². The van der Waals surface area contributed by atoms with Gasteiger partial charge in [0.1, 0.15) is 0 Å². The summed E-state index contributed by atoms with van der Waals surface area (Å²) in [5.41, 5.74) is 2.90. The lowest BCUT2D eigenvalue weighted by atomic mass is 10.1. The highest BCUT2D eigenvalue weighted by Gasteiger charge is 2.08. The van der Waals surface area contributed by atoms with Gasteiger partial charge in [-0.05, 0) is 31.9 Å². The Labute approximate surface area is 120 Å². The number of benzene rings is 1. The highest BCUT2D eigenvalue weighted by Crippen LogP contribution is 2.18. The molecule has 1 aromatic rings. The molecule has 0 aliphatic heterocycles. The normalized spacial score (nSPS) is 10.4. The third-order valence-electron chi connectivity index (χ3n) is 2.52. The number of anilines is 1. The lowest BCUT2D eigenvalue weighted by molar-refractivity contribution is 0.256. The summed E-state index contributed by atoms with van der Waals surface area (Å²) in [7, 11) is 1.62. The van der Waals surface area contributed by atoms with E-state index >= 15 is 0 Å². The van der Waals surface area contributed by atoms with Crippen molar-refractivity contribution < 1.29 is 4.79 Å². The van der Waals surface area contributed by atoms with Crippen LogP contribution >= 0.6 is 12.4 Å². The summed E-state index contributed by atoms with van der Waals surface area (Å²) >= 11 is 0. The molecule has 5 nitrogen and oxygen atoms in total. The Morgan fingerprint density at radius 1 is 1.26 bits per heavy atom. The van der Waals surface area contributed by atoms with Crippen molar-refractivity contribution >= 4 is 30.1 Å². The first kappa shape index (κ1) is 17.2. The van der Waals surface area contributed by atoms with Crippen LogP contribution in [0.5, 0.6) is 0 Å². The van der Waals surface area contributed by atoms with Gasteiger partial charge >= 0.3 is 6.03 Å². The molecule has 19 heavy (non-hydrogen) atoms.